The Kier molecular flexibility index (Phi) is 4.38. The van der Waals surface area contributed by atoms with E-state index >= 15 is 0 Å². The first-order valence-corrected chi connectivity index (χ1v) is 6.35. The van der Waals surface area contributed by atoms with Gasteiger partial charge in [-0.25, -0.2) is 4.79 Å². The van der Waals surface area contributed by atoms with E-state index in [0.29, 0.717) is 10.7 Å². The molecule has 0 unspecified atom stereocenters. The van der Waals surface area contributed by atoms with Gasteiger partial charge in [-0.3, -0.25) is 14.9 Å². The van der Waals surface area contributed by atoms with Gasteiger partial charge in [-0.2, -0.15) is 0 Å². The van der Waals surface area contributed by atoms with Crippen molar-refractivity contribution >= 4 is 34.9 Å². The highest BCUT2D eigenvalue weighted by atomic mass is 35.5. The van der Waals surface area contributed by atoms with Gasteiger partial charge in [0, 0.05) is 16.8 Å². The minimum Gasteiger partial charge on any atom is -0.477 e. The minimum absolute atomic E-state index is 0.304. The molecule has 0 spiro atoms. The summed E-state index contributed by atoms with van der Waals surface area (Å²) in [5.74, 6) is -2.33. The van der Waals surface area contributed by atoms with Crippen molar-refractivity contribution in [3.63, 3.8) is 0 Å². The van der Waals surface area contributed by atoms with Crippen LogP contribution in [0.15, 0.2) is 42.5 Å². The van der Waals surface area contributed by atoms with Gasteiger partial charge < -0.3 is 10.4 Å². The second-order valence-electron chi connectivity index (χ2n) is 4.23. The fraction of sp³-hybridized carbons (Fsp3) is 0. The Morgan fingerprint density at radius 1 is 1.18 bits per heavy atom. The largest absolute Gasteiger partial charge is 0.477 e. The Morgan fingerprint density at radius 2 is 1.86 bits per heavy atom. The van der Waals surface area contributed by atoms with Crippen molar-refractivity contribution in [2.24, 2.45) is 0 Å². The number of nitro benzene ring substituents is 1. The zero-order valence-corrected chi connectivity index (χ0v) is 11.7. The van der Waals surface area contributed by atoms with Gasteiger partial charge in [-0.15, -0.1) is 0 Å². The molecule has 7 nitrogen and oxygen atoms in total. The van der Waals surface area contributed by atoms with E-state index in [1.54, 1.807) is 18.2 Å². The smallest absolute Gasteiger partial charge is 0.343 e. The van der Waals surface area contributed by atoms with Gasteiger partial charge in [0.25, 0.3) is 11.6 Å². The zero-order valence-electron chi connectivity index (χ0n) is 10.9. The van der Waals surface area contributed by atoms with E-state index in [4.69, 9.17) is 16.7 Å². The molecule has 0 atom stereocenters. The molecule has 2 aromatic rings. The number of amides is 1. The molecule has 0 bridgehead atoms. The monoisotopic (exact) mass is 320 g/mol. The van der Waals surface area contributed by atoms with E-state index in [1.165, 1.54) is 18.2 Å². The van der Waals surface area contributed by atoms with E-state index in [9.17, 15) is 19.7 Å². The number of carboxylic acid groups (broad SMARTS) is 1. The SMILES string of the molecule is O=C(Nc1cccc(Cl)c1)c1cccc([N+](=O)[O-])c1C(=O)O. The van der Waals surface area contributed by atoms with E-state index in [1.807, 2.05) is 0 Å². The number of anilines is 1. The summed E-state index contributed by atoms with van der Waals surface area (Å²) >= 11 is 5.79. The Morgan fingerprint density at radius 3 is 2.45 bits per heavy atom. The molecule has 0 aliphatic carbocycles. The maximum absolute atomic E-state index is 12.2. The van der Waals surface area contributed by atoms with Crippen molar-refractivity contribution in [2.75, 3.05) is 5.32 Å². The lowest BCUT2D eigenvalue weighted by Gasteiger charge is -2.08. The Balaban J connectivity index is 2.43. The molecule has 2 aromatic carbocycles. The number of benzene rings is 2. The number of aromatic carboxylic acids is 1. The Hall–Kier alpha value is -2.93. The van der Waals surface area contributed by atoms with Gasteiger partial charge in [-0.05, 0) is 24.3 Å². The number of nitrogens with one attached hydrogen (secondary N) is 1. The second kappa shape index (κ2) is 6.23. The topological polar surface area (TPSA) is 110 Å². The summed E-state index contributed by atoms with van der Waals surface area (Å²) in [7, 11) is 0. The standard InChI is InChI=1S/C14H9ClN2O5/c15-8-3-1-4-9(7-8)16-13(18)10-5-2-6-11(17(21)22)12(10)14(19)20/h1-7H,(H,16,18)(H,19,20). The highest BCUT2D eigenvalue weighted by molar-refractivity contribution is 6.31. The van der Waals surface area contributed by atoms with E-state index in [0.717, 1.165) is 6.07 Å². The molecule has 0 aliphatic rings. The summed E-state index contributed by atoms with van der Waals surface area (Å²) < 4.78 is 0. The van der Waals surface area contributed by atoms with E-state index in [-0.39, 0.29) is 5.56 Å². The van der Waals surface area contributed by atoms with Crippen molar-refractivity contribution in [2.45, 2.75) is 0 Å². The van der Waals surface area contributed by atoms with Crippen LogP contribution in [0.25, 0.3) is 0 Å². The highest BCUT2D eigenvalue weighted by Crippen LogP contribution is 2.24. The summed E-state index contributed by atoms with van der Waals surface area (Å²) in [6.07, 6.45) is 0. The highest BCUT2D eigenvalue weighted by Gasteiger charge is 2.26. The lowest BCUT2D eigenvalue weighted by molar-refractivity contribution is -0.385. The lowest BCUT2D eigenvalue weighted by atomic mass is 10.0. The molecule has 0 fully saturated rings. The van der Waals surface area contributed by atoms with Crippen molar-refractivity contribution in [3.05, 3.63) is 68.7 Å². The van der Waals surface area contributed by atoms with Gasteiger partial charge in [0.05, 0.1) is 10.5 Å². The number of hydrogen-bond acceptors (Lipinski definition) is 4. The quantitative estimate of drug-likeness (QED) is 0.664. The van der Waals surface area contributed by atoms with Crippen LogP contribution in [0.5, 0.6) is 0 Å². The number of carbonyl (C=O) groups is 2. The first-order chi connectivity index (χ1) is 10.4. The van der Waals surface area contributed by atoms with Crippen LogP contribution in [0.1, 0.15) is 20.7 Å². The molecule has 0 aromatic heterocycles. The molecule has 0 aliphatic heterocycles. The molecule has 0 heterocycles. The van der Waals surface area contributed by atoms with Gasteiger partial charge in [0.1, 0.15) is 5.56 Å². The lowest BCUT2D eigenvalue weighted by Crippen LogP contribution is -2.17. The number of nitro groups is 1. The average molecular weight is 321 g/mol. The number of carboxylic acids is 1. The van der Waals surface area contributed by atoms with Gasteiger partial charge in [0.2, 0.25) is 0 Å². The predicted octanol–water partition coefficient (Wildman–Crippen LogP) is 3.20. The molecular weight excluding hydrogens is 312 g/mol. The second-order valence-corrected chi connectivity index (χ2v) is 4.66. The molecule has 0 radical (unpaired) electrons. The molecule has 112 valence electrons. The van der Waals surface area contributed by atoms with Crippen molar-refractivity contribution in [3.8, 4) is 0 Å². The van der Waals surface area contributed by atoms with Crippen LogP contribution >= 0.6 is 11.6 Å². The third-order valence-electron chi connectivity index (χ3n) is 2.78. The molecule has 8 heteroatoms. The Bertz CT molecular complexity index is 776. The summed E-state index contributed by atoms with van der Waals surface area (Å²) in [5, 5.41) is 22.9. The molecule has 2 N–H and O–H groups in total. The van der Waals surface area contributed by atoms with Crippen LogP contribution < -0.4 is 5.32 Å². The van der Waals surface area contributed by atoms with Crippen LogP contribution in [0, 0.1) is 10.1 Å². The Labute approximate surface area is 129 Å². The first-order valence-electron chi connectivity index (χ1n) is 5.97. The third-order valence-corrected chi connectivity index (χ3v) is 3.02. The summed E-state index contributed by atoms with van der Waals surface area (Å²) in [5.41, 5.74) is -1.26. The molecular formula is C14H9ClN2O5. The zero-order chi connectivity index (χ0) is 16.3. The van der Waals surface area contributed by atoms with Crippen LogP contribution in [-0.2, 0) is 0 Å². The molecule has 22 heavy (non-hydrogen) atoms. The van der Waals surface area contributed by atoms with Crippen molar-refractivity contribution in [1.82, 2.24) is 0 Å². The fourth-order valence-electron chi connectivity index (χ4n) is 1.87. The summed E-state index contributed by atoms with van der Waals surface area (Å²) in [6, 6.07) is 9.71. The van der Waals surface area contributed by atoms with Gasteiger partial charge in [-0.1, -0.05) is 23.7 Å². The van der Waals surface area contributed by atoms with Gasteiger partial charge in [0.15, 0.2) is 0 Å². The average Bonchev–Trinajstić information content (AvgIpc) is 2.46. The number of rotatable bonds is 4. The number of hydrogen-bond donors (Lipinski definition) is 2. The van der Waals surface area contributed by atoms with Crippen LogP contribution in [0.3, 0.4) is 0 Å². The van der Waals surface area contributed by atoms with E-state index < -0.39 is 28.1 Å². The van der Waals surface area contributed by atoms with E-state index in [2.05, 4.69) is 5.32 Å². The third kappa shape index (κ3) is 3.21. The molecule has 2 rings (SSSR count). The summed E-state index contributed by atoms with van der Waals surface area (Å²) in [4.78, 5) is 33.5. The number of nitrogens with zero attached hydrogens (tertiary/aromatic N) is 1. The fourth-order valence-corrected chi connectivity index (χ4v) is 2.06. The number of carbonyl (C=O) groups excluding carboxylic acids is 1. The number of halogens is 1. The summed E-state index contributed by atoms with van der Waals surface area (Å²) in [6.45, 7) is 0. The first kappa shape index (κ1) is 15.5. The van der Waals surface area contributed by atoms with Crippen molar-refractivity contribution in [1.29, 1.82) is 0 Å². The van der Waals surface area contributed by atoms with Gasteiger partial charge >= 0.3 is 5.97 Å². The van der Waals surface area contributed by atoms with Crippen LogP contribution in [0.2, 0.25) is 5.02 Å². The maximum Gasteiger partial charge on any atom is 0.343 e. The van der Waals surface area contributed by atoms with Crippen molar-refractivity contribution < 1.29 is 19.6 Å². The normalized spacial score (nSPS) is 10.0. The molecule has 0 saturated heterocycles. The maximum atomic E-state index is 12.2. The van der Waals surface area contributed by atoms with Crippen LogP contribution in [0.4, 0.5) is 11.4 Å². The predicted molar refractivity (Wildman–Crippen MR) is 79.5 cm³/mol. The van der Waals surface area contributed by atoms with Crippen LogP contribution in [-0.4, -0.2) is 21.9 Å². The molecule has 0 saturated carbocycles. The minimum atomic E-state index is -1.55. The molecule has 1 amide bonds.